The van der Waals surface area contributed by atoms with Crippen molar-refractivity contribution in [2.24, 2.45) is 0 Å². The van der Waals surface area contributed by atoms with Crippen molar-refractivity contribution in [3.63, 3.8) is 0 Å². The van der Waals surface area contributed by atoms with Gasteiger partial charge in [0.15, 0.2) is 0 Å². The van der Waals surface area contributed by atoms with Crippen LogP contribution in [0.25, 0.3) is 22.4 Å². The number of nitro benzene ring substituents is 1. The molecule has 1 heterocycles. The summed E-state index contributed by atoms with van der Waals surface area (Å²) >= 11 is 0. The lowest BCUT2D eigenvalue weighted by Crippen LogP contribution is -2.01. The van der Waals surface area contributed by atoms with Crippen molar-refractivity contribution in [3.8, 4) is 28.5 Å². The molecule has 0 fully saturated rings. The molecule has 0 saturated carbocycles. The molecule has 0 aliphatic carbocycles. The summed E-state index contributed by atoms with van der Waals surface area (Å²) in [7, 11) is 0. The number of nitriles is 1. The smallest absolute Gasteiger partial charge is 0.277 e. The van der Waals surface area contributed by atoms with Gasteiger partial charge in [0.2, 0.25) is 0 Å². The van der Waals surface area contributed by atoms with E-state index in [1.807, 2.05) is 6.07 Å². The summed E-state index contributed by atoms with van der Waals surface area (Å²) in [5.74, 6) is -0.521. The van der Waals surface area contributed by atoms with E-state index in [9.17, 15) is 19.8 Å². The van der Waals surface area contributed by atoms with Crippen molar-refractivity contribution in [1.29, 1.82) is 5.26 Å². The van der Waals surface area contributed by atoms with Gasteiger partial charge in [0.1, 0.15) is 23.3 Å². The van der Waals surface area contributed by atoms with Crippen molar-refractivity contribution in [2.45, 2.75) is 0 Å². The van der Waals surface area contributed by atoms with Gasteiger partial charge in [0, 0.05) is 17.2 Å². The lowest BCUT2D eigenvalue weighted by Gasteiger charge is -2.10. The van der Waals surface area contributed by atoms with E-state index < -0.39 is 10.7 Å². The average molecular weight is 334 g/mol. The highest BCUT2D eigenvalue weighted by molar-refractivity contribution is 5.84. The first-order valence-electron chi connectivity index (χ1n) is 7.21. The largest absolute Gasteiger partial charge is 0.383 e. The molecule has 2 aromatic carbocycles. The molecule has 122 valence electrons. The molecular weight excluding hydrogens is 323 g/mol. The number of halogens is 1. The molecule has 0 spiro atoms. The first-order chi connectivity index (χ1) is 12.0. The molecule has 6 nitrogen and oxygen atoms in total. The van der Waals surface area contributed by atoms with Gasteiger partial charge in [-0.3, -0.25) is 10.1 Å². The minimum atomic E-state index is -0.533. The quantitative estimate of drug-likeness (QED) is 0.577. The van der Waals surface area contributed by atoms with E-state index in [4.69, 9.17) is 5.73 Å². The van der Waals surface area contributed by atoms with Crippen LogP contribution in [-0.4, -0.2) is 9.91 Å². The molecule has 0 aliphatic heterocycles. The van der Waals surface area contributed by atoms with E-state index in [0.717, 1.165) is 0 Å². The van der Waals surface area contributed by atoms with E-state index in [-0.39, 0.29) is 28.2 Å². The first kappa shape index (κ1) is 16.1. The second kappa shape index (κ2) is 6.37. The van der Waals surface area contributed by atoms with Crippen molar-refractivity contribution in [3.05, 3.63) is 76.1 Å². The zero-order chi connectivity index (χ0) is 18.0. The molecule has 3 rings (SSSR count). The van der Waals surface area contributed by atoms with Crippen LogP contribution in [0.15, 0.2) is 54.6 Å². The molecular formula is C18H11FN4O2. The molecule has 0 atom stereocenters. The summed E-state index contributed by atoms with van der Waals surface area (Å²) in [6.45, 7) is 0. The Bertz CT molecular complexity index is 1030. The van der Waals surface area contributed by atoms with Gasteiger partial charge in [0.05, 0.1) is 16.2 Å². The molecule has 2 N–H and O–H groups in total. The van der Waals surface area contributed by atoms with Crippen LogP contribution in [0, 0.1) is 27.3 Å². The number of benzene rings is 2. The molecule has 25 heavy (non-hydrogen) atoms. The third kappa shape index (κ3) is 3.01. The van der Waals surface area contributed by atoms with E-state index in [2.05, 4.69) is 4.98 Å². The second-order valence-corrected chi connectivity index (χ2v) is 5.21. The molecule has 7 heteroatoms. The molecule has 0 saturated heterocycles. The summed E-state index contributed by atoms with van der Waals surface area (Å²) in [6, 6.07) is 15.2. The maximum Gasteiger partial charge on any atom is 0.277 e. The van der Waals surface area contributed by atoms with E-state index in [1.54, 1.807) is 12.1 Å². The fourth-order valence-corrected chi connectivity index (χ4v) is 2.55. The highest BCUT2D eigenvalue weighted by Crippen LogP contribution is 2.36. The predicted molar refractivity (Wildman–Crippen MR) is 90.8 cm³/mol. The zero-order valence-corrected chi connectivity index (χ0v) is 12.8. The number of nitrogens with zero attached hydrogens (tertiary/aromatic N) is 3. The van der Waals surface area contributed by atoms with E-state index >= 15 is 0 Å². The van der Waals surface area contributed by atoms with Gasteiger partial charge in [-0.15, -0.1) is 0 Å². The minimum Gasteiger partial charge on any atom is -0.383 e. The summed E-state index contributed by atoms with van der Waals surface area (Å²) < 4.78 is 13.5. The molecule has 0 radical (unpaired) electrons. The number of nitro groups is 1. The van der Waals surface area contributed by atoms with Gasteiger partial charge in [0.25, 0.3) is 5.69 Å². The van der Waals surface area contributed by atoms with Crippen molar-refractivity contribution in [1.82, 2.24) is 4.98 Å². The molecule has 0 amide bonds. The highest BCUT2D eigenvalue weighted by Gasteiger charge is 2.20. The van der Waals surface area contributed by atoms with Gasteiger partial charge in [-0.05, 0) is 24.3 Å². The Hall–Kier alpha value is -3.79. The summed E-state index contributed by atoms with van der Waals surface area (Å²) in [5, 5.41) is 20.7. The Morgan fingerprint density at radius 2 is 1.88 bits per heavy atom. The predicted octanol–water partition coefficient (Wildman–Crippen LogP) is 3.92. The maximum atomic E-state index is 13.5. The third-order valence-corrected chi connectivity index (χ3v) is 3.67. The molecule has 3 aromatic rings. The Balaban J connectivity index is 2.30. The Morgan fingerprint density at radius 3 is 2.56 bits per heavy atom. The fraction of sp³-hybridized carbons (Fsp3) is 0. The van der Waals surface area contributed by atoms with Crippen LogP contribution in [0.4, 0.5) is 15.9 Å². The van der Waals surface area contributed by atoms with Crippen LogP contribution in [0.5, 0.6) is 0 Å². The van der Waals surface area contributed by atoms with E-state index in [1.165, 1.54) is 42.5 Å². The van der Waals surface area contributed by atoms with Gasteiger partial charge >= 0.3 is 0 Å². The Labute approximate surface area is 142 Å². The lowest BCUT2D eigenvalue weighted by molar-refractivity contribution is -0.384. The average Bonchev–Trinajstić information content (AvgIpc) is 2.61. The van der Waals surface area contributed by atoms with Gasteiger partial charge in [-0.1, -0.05) is 24.3 Å². The molecule has 1 aromatic heterocycles. The van der Waals surface area contributed by atoms with Crippen LogP contribution < -0.4 is 5.73 Å². The maximum absolute atomic E-state index is 13.5. The van der Waals surface area contributed by atoms with Gasteiger partial charge in [-0.25, -0.2) is 9.37 Å². The van der Waals surface area contributed by atoms with Crippen LogP contribution >= 0.6 is 0 Å². The number of nitrogen functional groups attached to an aromatic ring is 1. The molecule has 0 aliphatic rings. The monoisotopic (exact) mass is 334 g/mol. The number of aromatic nitrogens is 1. The standard InChI is InChI=1S/C18H11FN4O2/c19-12-5-3-4-11(8-12)16-9-14(15(10-20)18(21)22-16)13-6-1-2-7-17(13)23(24)25/h1-9H,(H2,21,22). The zero-order valence-electron chi connectivity index (χ0n) is 12.8. The first-order valence-corrected chi connectivity index (χ1v) is 7.21. The van der Waals surface area contributed by atoms with Gasteiger partial charge < -0.3 is 5.73 Å². The topological polar surface area (TPSA) is 106 Å². The summed E-state index contributed by atoms with van der Waals surface area (Å²) in [5.41, 5.74) is 7.06. The second-order valence-electron chi connectivity index (χ2n) is 5.21. The summed E-state index contributed by atoms with van der Waals surface area (Å²) in [4.78, 5) is 14.9. The number of anilines is 1. The van der Waals surface area contributed by atoms with Crippen LogP contribution in [0.2, 0.25) is 0 Å². The fourth-order valence-electron chi connectivity index (χ4n) is 2.55. The van der Waals surface area contributed by atoms with Crippen LogP contribution in [-0.2, 0) is 0 Å². The van der Waals surface area contributed by atoms with E-state index in [0.29, 0.717) is 11.3 Å². The SMILES string of the molecule is N#Cc1c(-c2ccccc2[N+](=O)[O-])cc(-c2cccc(F)c2)nc1N. The number of nitrogens with two attached hydrogens (primary N) is 1. The molecule has 0 unspecified atom stereocenters. The number of hydrogen-bond acceptors (Lipinski definition) is 5. The van der Waals surface area contributed by atoms with Crippen molar-refractivity contribution < 1.29 is 9.31 Å². The summed E-state index contributed by atoms with van der Waals surface area (Å²) in [6.07, 6.45) is 0. The number of hydrogen-bond donors (Lipinski definition) is 1. The number of para-hydroxylation sites is 1. The number of pyridine rings is 1. The van der Waals surface area contributed by atoms with Crippen molar-refractivity contribution in [2.75, 3.05) is 5.73 Å². The van der Waals surface area contributed by atoms with Crippen LogP contribution in [0.1, 0.15) is 5.56 Å². The normalized spacial score (nSPS) is 10.2. The Kier molecular flexibility index (Phi) is 4.10. The third-order valence-electron chi connectivity index (χ3n) is 3.67. The number of rotatable bonds is 3. The lowest BCUT2D eigenvalue weighted by atomic mass is 9.97. The van der Waals surface area contributed by atoms with Gasteiger partial charge in [-0.2, -0.15) is 5.26 Å². The highest BCUT2D eigenvalue weighted by atomic mass is 19.1. The van der Waals surface area contributed by atoms with Crippen molar-refractivity contribution >= 4 is 11.5 Å². The minimum absolute atomic E-state index is 0.0365. The Morgan fingerprint density at radius 1 is 1.12 bits per heavy atom. The molecule has 0 bridgehead atoms. The van der Waals surface area contributed by atoms with Crippen LogP contribution in [0.3, 0.4) is 0 Å².